The van der Waals surface area contributed by atoms with Gasteiger partial charge in [0, 0.05) is 24.9 Å². The van der Waals surface area contributed by atoms with Gasteiger partial charge in [-0.15, -0.1) is 0 Å². The minimum Gasteiger partial charge on any atom is -0.493 e. The molecule has 3 nitrogen and oxygen atoms in total. The summed E-state index contributed by atoms with van der Waals surface area (Å²) in [4.78, 5) is 3.92. The van der Waals surface area contributed by atoms with Crippen LogP contribution in [0.4, 0.5) is 4.39 Å². The molecule has 1 aromatic carbocycles. The highest BCUT2D eigenvalue weighted by molar-refractivity contribution is 5.36. The Kier molecular flexibility index (Phi) is 3.87. The second-order valence-electron chi connectivity index (χ2n) is 3.71. The number of nitrogens with zero attached hydrogens (tertiary/aromatic N) is 2. The second-order valence-corrected chi connectivity index (χ2v) is 3.71. The van der Waals surface area contributed by atoms with E-state index in [1.54, 1.807) is 24.5 Å². The normalized spacial score (nSPS) is 9.78. The molecule has 0 saturated carbocycles. The van der Waals surface area contributed by atoms with Crippen molar-refractivity contribution in [3.8, 4) is 11.8 Å². The molecule has 0 saturated heterocycles. The lowest BCUT2D eigenvalue weighted by Crippen LogP contribution is -2.01. The fourth-order valence-electron chi connectivity index (χ4n) is 1.51. The van der Waals surface area contributed by atoms with Crippen LogP contribution in [0.5, 0.6) is 5.75 Å². The van der Waals surface area contributed by atoms with E-state index in [9.17, 15) is 4.39 Å². The van der Waals surface area contributed by atoms with Gasteiger partial charge in [-0.2, -0.15) is 5.26 Å². The lowest BCUT2D eigenvalue weighted by molar-refractivity contribution is 0.320. The molecule has 90 valence electrons. The zero-order chi connectivity index (χ0) is 12.8. The molecule has 4 heteroatoms. The summed E-state index contributed by atoms with van der Waals surface area (Å²) in [6.07, 6.45) is 4.16. The van der Waals surface area contributed by atoms with Crippen LogP contribution in [-0.2, 0) is 6.42 Å². The van der Waals surface area contributed by atoms with E-state index >= 15 is 0 Å². The number of benzene rings is 1. The quantitative estimate of drug-likeness (QED) is 0.828. The van der Waals surface area contributed by atoms with Crippen molar-refractivity contribution in [1.29, 1.82) is 5.26 Å². The highest BCUT2D eigenvalue weighted by atomic mass is 19.1. The Bertz CT molecular complexity index is 564. The van der Waals surface area contributed by atoms with Crippen LogP contribution in [0.3, 0.4) is 0 Å². The minimum atomic E-state index is -0.557. The first-order valence-corrected chi connectivity index (χ1v) is 5.51. The summed E-state index contributed by atoms with van der Waals surface area (Å²) >= 11 is 0. The van der Waals surface area contributed by atoms with E-state index in [1.165, 1.54) is 12.1 Å². The minimum absolute atomic E-state index is 0.0245. The molecule has 0 aliphatic carbocycles. The number of hydrogen-bond donors (Lipinski definition) is 0. The molecule has 0 spiro atoms. The number of hydrogen-bond acceptors (Lipinski definition) is 3. The number of pyridine rings is 1. The Morgan fingerprint density at radius 1 is 1.22 bits per heavy atom. The summed E-state index contributed by atoms with van der Waals surface area (Å²) in [5.74, 6) is -0.125. The smallest absolute Gasteiger partial charge is 0.144 e. The van der Waals surface area contributed by atoms with Gasteiger partial charge < -0.3 is 4.74 Å². The maximum atomic E-state index is 13.3. The van der Waals surface area contributed by atoms with Crippen molar-refractivity contribution in [2.75, 3.05) is 6.61 Å². The highest BCUT2D eigenvalue weighted by Crippen LogP contribution is 2.16. The fourth-order valence-corrected chi connectivity index (χ4v) is 1.51. The van der Waals surface area contributed by atoms with Gasteiger partial charge in [0.1, 0.15) is 17.6 Å². The van der Waals surface area contributed by atoms with E-state index in [1.807, 2.05) is 12.1 Å². The molecule has 0 unspecified atom stereocenters. The topological polar surface area (TPSA) is 45.9 Å². The lowest BCUT2D eigenvalue weighted by Gasteiger charge is -2.06. The molecular formula is C14H11FN2O. The summed E-state index contributed by atoms with van der Waals surface area (Å²) in [6, 6.07) is 9.81. The number of nitriles is 1. The number of rotatable bonds is 4. The van der Waals surface area contributed by atoms with Crippen molar-refractivity contribution in [2.24, 2.45) is 0 Å². The van der Waals surface area contributed by atoms with E-state index in [-0.39, 0.29) is 5.56 Å². The van der Waals surface area contributed by atoms with Gasteiger partial charge in [0.2, 0.25) is 0 Å². The van der Waals surface area contributed by atoms with E-state index in [2.05, 4.69) is 4.98 Å². The van der Waals surface area contributed by atoms with Gasteiger partial charge in [-0.3, -0.25) is 4.98 Å². The molecule has 0 radical (unpaired) electrons. The summed E-state index contributed by atoms with van der Waals surface area (Å²) in [5, 5.41) is 8.60. The first kappa shape index (κ1) is 12.1. The first-order chi connectivity index (χ1) is 8.79. The average molecular weight is 242 g/mol. The molecule has 0 amide bonds. The molecule has 2 rings (SSSR count). The van der Waals surface area contributed by atoms with E-state index in [0.717, 1.165) is 12.0 Å². The molecule has 1 heterocycles. The van der Waals surface area contributed by atoms with Crippen molar-refractivity contribution in [2.45, 2.75) is 6.42 Å². The number of halogens is 1. The van der Waals surface area contributed by atoms with Crippen molar-refractivity contribution in [1.82, 2.24) is 4.98 Å². The zero-order valence-corrected chi connectivity index (χ0v) is 9.64. The van der Waals surface area contributed by atoms with Gasteiger partial charge in [-0.05, 0) is 29.8 Å². The summed E-state index contributed by atoms with van der Waals surface area (Å²) in [6.45, 7) is 0.454. The molecule has 0 bridgehead atoms. The van der Waals surface area contributed by atoms with E-state index in [0.29, 0.717) is 12.4 Å². The second kappa shape index (κ2) is 5.78. The molecule has 1 aromatic heterocycles. The summed E-state index contributed by atoms with van der Waals surface area (Å²) < 4.78 is 18.7. The first-order valence-electron chi connectivity index (χ1n) is 5.51. The van der Waals surface area contributed by atoms with Crippen LogP contribution >= 0.6 is 0 Å². The standard InChI is InChI=1S/C14H11FN2O/c15-14-9-13(2-1-12(14)10-16)18-8-5-11-3-6-17-7-4-11/h1-4,6-7,9H,5,8H2. The predicted molar refractivity (Wildman–Crippen MR) is 64.6 cm³/mol. The van der Waals surface area contributed by atoms with E-state index in [4.69, 9.17) is 10.00 Å². The van der Waals surface area contributed by atoms with Crippen molar-refractivity contribution in [3.05, 3.63) is 59.7 Å². The third-order valence-electron chi connectivity index (χ3n) is 2.47. The number of aromatic nitrogens is 1. The molecule has 0 aliphatic heterocycles. The Labute approximate surface area is 104 Å². The Hall–Kier alpha value is -2.41. The van der Waals surface area contributed by atoms with Crippen molar-refractivity contribution < 1.29 is 9.13 Å². The van der Waals surface area contributed by atoms with Gasteiger partial charge in [-0.1, -0.05) is 0 Å². The monoisotopic (exact) mass is 242 g/mol. The maximum Gasteiger partial charge on any atom is 0.144 e. The third-order valence-corrected chi connectivity index (χ3v) is 2.47. The highest BCUT2D eigenvalue weighted by Gasteiger charge is 2.03. The average Bonchev–Trinajstić information content (AvgIpc) is 2.40. The van der Waals surface area contributed by atoms with Gasteiger partial charge >= 0.3 is 0 Å². The van der Waals surface area contributed by atoms with Crippen LogP contribution < -0.4 is 4.74 Å². The largest absolute Gasteiger partial charge is 0.493 e. The van der Waals surface area contributed by atoms with Gasteiger partial charge in [0.15, 0.2) is 0 Å². The predicted octanol–water partition coefficient (Wildman–Crippen LogP) is 2.71. The van der Waals surface area contributed by atoms with Crippen LogP contribution in [0.25, 0.3) is 0 Å². The Morgan fingerprint density at radius 2 is 2.00 bits per heavy atom. The molecule has 0 N–H and O–H groups in total. The zero-order valence-electron chi connectivity index (χ0n) is 9.64. The van der Waals surface area contributed by atoms with E-state index < -0.39 is 5.82 Å². The Balaban J connectivity index is 1.91. The van der Waals surface area contributed by atoms with Crippen LogP contribution in [0.15, 0.2) is 42.7 Å². The SMILES string of the molecule is N#Cc1ccc(OCCc2ccncc2)cc1F. The van der Waals surface area contributed by atoms with Crippen molar-refractivity contribution >= 4 is 0 Å². The van der Waals surface area contributed by atoms with Gasteiger partial charge in [0.05, 0.1) is 12.2 Å². The van der Waals surface area contributed by atoms with Gasteiger partial charge in [-0.25, -0.2) is 4.39 Å². The molecule has 2 aromatic rings. The molecule has 0 aliphatic rings. The summed E-state index contributed by atoms with van der Waals surface area (Å²) in [7, 11) is 0. The van der Waals surface area contributed by atoms with Crippen LogP contribution in [0, 0.1) is 17.1 Å². The summed E-state index contributed by atoms with van der Waals surface area (Å²) in [5.41, 5.74) is 1.13. The fraction of sp³-hybridized carbons (Fsp3) is 0.143. The molecular weight excluding hydrogens is 231 g/mol. The third kappa shape index (κ3) is 3.05. The molecule has 0 fully saturated rings. The van der Waals surface area contributed by atoms with Crippen LogP contribution in [0.1, 0.15) is 11.1 Å². The van der Waals surface area contributed by atoms with Crippen LogP contribution in [-0.4, -0.2) is 11.6 Å². The Morgan fingerprint density at radius 3 is 2.67 bits per heavy atom. The molecule has 18 heavy (non-hydrogen) atoms. The number of ether oxygens (including phenoxy) is 1. The van der Waals surface area contributed by atoms with Crippen molar-refractivity contribution in [3.63, 3.8) is 0 Å². The molecule has 0 atom stereocenters. The van der Waals surface area contributed by atoms with Crippen LogP contribution in [0.2, 0.25) is 0 Å². The lowest BCUT2D eigenvalue weighted by atomic mass is 10.2. The van der Waals surface area contributed by atoms with Gasteiger partial charge in [0.25, 0.3) is 0 Å². The maximum absolute atomic E-state index is 13.3.